The summed E-state index contributed by atoms with van der Waals surface area (Å²) in [4.78, 5) is 21.0. The Kier molecular flexibility index (Phi) is 4.72. The fraction of sp³-hybridized carbons (Fsp3) is 0.0952. The molecule has 0 unspecified atom stereocenters. The number of hydrogen-bond donors (Lipinski definition) is 1. The molecule has 6 nitrogen and oxygen atoms in total. The lowest BCUT2D eigenvalue weighted by molar-refractivity contribution is 0.102. The van der Waals surface area contributed by atoms with Gasteiger partial charge in [0.2, 0.25) is 5.88 Å². The minimum Gasteiger partial charge on any atom is -0.472 e. The molecule has 2 aromatic heterocycles. The predicted octanol–water partition coefficient (Wildman–Crippen LogP) is 4.50. The molecule has 4 aromatic rings. The van der Waals surface area contributed by atoms with E-state index in [4.69, 9.17) is 9.15 Å². The van der Waals surface area contributed by atoms with Crippen molar-refractivity contribution in [1.82, 2.24) is 9.97 Å². The molecule has 7 heteroatoms. The number of carbonyl (C=O) groups excluding carboxylic acids is 1. The zero-order valence-electron chi connectivity index (χ0n) is 15.0. The van der Waals surface area contributed by atoms with Gasteiger partial charge in [0.1, 0.15) is 23.5 Å². The Hall–Kier alpha value is -3.74. The number of anilines is 1. The minimum atomic E-state index is -0.396. The predicted molar refractivity (Wildman–Crippen MR) is 102 cm³/mol. The van der Waals surface area contributed by atoms with Crippen molar-refractivity contribution in [2.75, 3.05) is 5.32 Å². The summed E-state index contributed by atoms with van der Waals surface area (Å²) in [5, 5.41) is 2.79. The number of aromatic nitrogens is 2. The van der Waals surface area contributed by atoms with E-state index in [0.717, 1.165) is 0 Å². The fourth-order valence-corrected chi connectivity index (χ4v) is 2.76. The second kappa shape index (κ2) is 7.48. The number of nitrogens with one attached hydrogen (secondary N) is 1. The lowest BCUT2D eigenvalue weighted by atomic mass is 10.2. The Morgan fingerprint density at radius 3 is 2.89 bits per heavy atom. The first-order chi connectivity index (χ1) is 13.6. The molecule has 0 aliphatic rings. The molecule has 0 fully saturated rings. The van der Waals surface area contributed by atoms with Crippen LogP contribution >= 0.6 is 0 Å². The second-order valence-electron chi connectivity index (χ2n) is 6.11. The van der Waals surface area contributed by atoms with Crippen LogP contribution in [-0.4, -0.2) is 15.9 Å². The van der Waals surface area contributed by atoms with Gasteiger partial charge in [-0.3, -0.25) is 4.79 Å². The van der Waals surface area contributed by atoms with Gasteiger partial charge in [0.25, 0.3) is 5.91 Å². The largest absolute Gasteiger partial charge is 0.472 e. The molecule has 0 spiro atoms. The number of benzene rings is 2. The molecule has 0 bridgehead atoms. The number of ether oxygens (including phenoxy) is 1. The van der Waals surface area contributed by atoms with Crippen LogP contribution in [0.1, 0.15) is 21.8 Å². The van der Waals surface area contributed by atoms with Crippen LogP contribution in [-0.2, 0) is 6.61 Å². The summed E-state index contributed by atoms with van der Waals surface area (Å²) in [6.45, 7) is 1.72. The molecule has 0 radical (unpaired) electrons. The van der Waals surface area contributed by atoms with E-state index < -0.39 is 5.91 Å². The van der Waals surface area contributed by atoms with E-state index in [0.29, 0.717) is 28.2 Å². The maximum absolute atomic E-state index is 13.8. The average molecular weight is 377 g/mol. The highest BCUT2D eigenvalue weighted by Gasteiger charge is 2.15. The van der Waals surface area contributed by atoms with Gasteiger partial charge in [0.15, 0.2) is 11.5 Å². The van der Waals surface area contributed by atoms with Crippen molar-refractivity contribution < 1.29 is 18.3 Å². The lowest BCUT2D eigenvalue weighted by Crippen LogP contribution is -2.14. The number of pyridine rings is 1. The number of rotatable bonds is 5. The summed E-state index contributed by atoms with van der Waals surface area (Å²) < 4.78 is 24.9. The van der Waals surface area contributed by atoms with Crippen molar-refractivity contribution in [3.63, 3.8) is 0 Å². The van der Waals surface area contributed by atoms with Gasteiger partial charge >= 0.3 is 0 Å². The van der Waals surface area contributed by atoms with Crippen molar-refractivity contribution in [2.24, 2.45) is 0 Å². The lowest BCUT2D eigenvalue weighted by Gasteiger charge is -2.11. The maximum atomic E-state index is 13.8. The van der Waals surface area contributed by atoms with Crippen LogP contribution in [0.5, 0.6) is 5.88 Å². The molecule has 0 aliphatic carbocycles. The first-order valence-corrected chi connectivity index (χ1v) is 8.60. The van der Waals surface area contributed by atoms with Gasteiger partial charge in [-0.15, -0.1) is 0 Å². The molecule has 140 valence electrons. The number of halogens is 1. The molecule has 1 amide bonds. The number of nitrogens with zero attached hydrogens (tertiary/aromatic N) is 2. The summed E-state index contributed by atoms with van der Waals surface area (Å²) >= 11 is 0. The summed E-state index contributed by atoms with van der Waals surface area (Å²) in [6, 6.07) is 14.7. The minimum absolute atomic E-state index is 0.0345. The van der Waals surface area contributed by atoms with Crippen LogP contribution in [0.4, 0.5) is 10.1 Å². The first kappa shape index (κ1) is 17.7. The normalized spacial score (nSPS) is 10.8. The number of fused-ring (bicyclic) bond motifs is 1. The average Bonchev–Trinajstić information content (AvgIpc) is 3.07. The van der Waals surface area contributed by atoms with E-state index >= 15 is 0 Å². The van der Waals surface area contributed by atoms with Crippen molar-refractivity contribution in [3.05, 3.63) is 83.6 Å². The van der Waals surface area contributed by atoms with E-state index in [2.05, 4.69) is 15.3 Å². The van der Waals surface area contributed by atoms with Crippen LogP contribution in [0.15, 0.2) is 65.2 Å². The molecular formula is C21H16FN3O3. The summed E-state index contributed by atoms with van der Waals surface area (Å²) in [7, 11) is 0. The Balaban J connectivity index is 1.53. The molecule has 0 aliphatic heterocycles. The molecule has 0 saturated carbocycles. The van der Waals surface area contributed by atoms with Crippen LogP contribution in [0.2, 0.25) is 0 Å². The molecule has 0 atom stereocenters. The SMILES string of the molecule is Cc1nc2ccc(NC(=O)c3cccnc3OCc3ccccc3F)cc2o1. The molecule has 28 heavy (non-hydrogen) atoms. The molecule has 0 saturated heterocycles. The van der Waals surface area contributed by atoms with E-state index in [1.807, 2.05) is 0 Å². The van der Waals surface area contributed by atoms with E-state index in [-0.39, 0.29) is 23.9 Å². The van der Waals surface area contributed by atoms with E-state index in [9.17, 15) is 9.18 Å². The highest BCUT2D eigenvalue weighted by atomic mass is 19.1. The van der Waals surface area contributed by atoms with Gasteiger partial charge in [0.05, 0.1) is 0 Å². The zero-order valence-corrected chi connectivity index (χ0v) is 15.0. The second-order valence-corrected chi connectivity index (χ2v) is 6.11. The molecule has 2 aromatic carbocycles. The van der Waals surface area contributed by atoms with Crippen LogP contribution < -0.4 is 10.1 Å². The van der Waals surface area contributed by atoms with Crippen LogP contribution in [0, 0.1) is 12.7 Å². The highest BCUT2D eigenvalue weighted by molar-refractivity contribution is 6.06. The molecule has 1 N–H and O–H groups in total. The van der Waals surface area contributed by atoms with Crippen molar-refractivity contribution in [2.45, 2.75) is 13.5 Å². The zero-order chi connectivity index (χ0) is 19.5. The maximum Gasteiger partial charge on any atom is 0.261 e. The Bertz CT molecular complexity index is 1160. The van der Waals surface area contributed by atoms with Gasteiger partial charge < -0.3 is 14.5 Å². The fourth-order valence-electron chi connectivity index (χ4n) is 2.76. The van der Waals surface area contributed by atoms with Gasteiger partial charge in [0, 0.05) is 30.4 Å². The highest BCUT2D eigenvalue weighted by Crippen LogP contribution is 2.22. The third-order valence-electron chi connectivity index (χ3n) is 4.09. The number of oxazole rings is 1. The van der Waals surface area contributed by atoms with Crippen molar-refractivity contribution >= 4 is 22.7 Å². The monoisotopic (exact) mass is 377 g/mol. The number of amides is 1. The standard InChI is InChI=1S/C21H16FN3O3/c1-13-24-18-9-8-15(11-19(18)28-13)25-20(26)16-6-4-10-23-21(16)27-12-14-5-2-3-7-17(14)22/h2-11H,12H2,1H3,(H,25,26). The first-order valence-electron chi connectivity index (χ1n) is 8.60. The van der Waals surface area contributed by atoms with Crippen molar-refractivity contribution in [3.8, 4) is 5.88 Å². The van der Waals surface area contributed by atoms with Crippen LogP contribution in [0.3, 0.4) is 0 Å². The smallest absolute Gasteiger partial charge is 0.261 e. The number of hydrogen-bond acceptors (Lipinski definition) is 5. The van der Waals surface area contributed by atoms with Crippen LogP contribution in [0.25, 0.3) is 11.1 Å². The Labute approximate surface area is 160 Å². The summed E-state index contributed by atoms with van der Waals surface area (Å²) in [5.74, 6) is -0.0956. The molecule has 2 heterocycles. The number of aryl methyl sites for hydroxylation is 1. The quantitative estimate of drug-likeness (QED) is 0.554. The van der Waals surface area contributed by atoms with Gasteiger partial charge in [-0.05, 0) is 30.3 Å². The van der Waals surface area contributed by atoms with Gasteiger partial charge in [-0.1, -0.05) is 18.2 Å². The van der Waals surface area contributed by atoms with E-state index in [1.54, 1.807) is 55.5 Å². The van der Waals surface area contributed by atoms with E-state index in [1.165, 1.54) is 12.3 Å². The summed E-state index contributed by atoms with van der Waals surface area (Å²) in [5.41, 5.74) is 2.47. The van der Waals surface area contributed by atoms with Gasteiger partial charge in [-0.25, -0.2) is 14.4 Å². The van der Waals surface area contributed by atoms with Crippen molar-refractivity contribution in [1.29, 1.82) is 0 Å². The Morgan fingerprint density at radius 1 is 1.18 bits per heavy atom. The number of carbonyl (C=O) groups is 1. The topological polar surface area (TPSA) is 77.2 Å². The summed E-state index contributed by atoms with van der Waals surface area (Å²) in [6.07, 6.45) is 1.51. The molecular weight excluding hydrogens is 361 g/mol. The Morgan fingerprint density at radius 2 is 2.04 bits per heavy atom. The third-order valence-corrected chi connectivity index (χ3v) is 4.09. The van der Waals surface area contributed by atoms with Gasteiger partial charge in [-0.2, -0.15) is 0 Å². The molecule has 4 rings (SSSR count). The third kappa shape index (κ3) is 3.68.